The monoisotopic (exact) mass is 305 g/mol. The molecule has 0 radical (unpaired) electrons. The number of esters is 1. The summed E-state index contributed by atoms with van der Waals surface area (Å²) in [4.78, 5) is 16.1. The number of benzene rings is 1. The number of carbonyl (C=O) groups excluding carboxylic acids is 1. The summed E-state index contributed by atoms with van der Waals surface area (Å²) in [5.41, 5.74) is 0.629. The van der Waals surface area contributed by atoms with Crippen molar-refractivity contribution in [2.75, 3.05) is 13.2 Å². The first-order valence-electron chi connectivity index (χ1n) is 7.12. The summed E-state index contributed by atoms with van der Waals surface area (Å²) in [7, 11) is 0. The first-order valence-corrected chi connectivity index (χ1v) is 7.12. The zero-order chi connectivity index (χ0) is 15.5. The molecule has 0 aliphatic carbocycles. The second kappa shape index (κ2) is 6.23. The molecule has 0 saturated carbocycles. The highest BCUT2D eigenvalue weighted by atomic mass is 19.1. The summed E-state index contributed by atoms with van der Waals surface area (Å²) in [6.07, 6.45) is 1.84. The van der Waals surface area contributed by atoms with Crippen LogP contribution in [0.4, 0.5) is 4.39 Å². The number of aryl methyl sites for hydroxylation is 1. The Morgan fingerprint density at radius 3 is 2.91 bits per heavy atom. The molecular weight excluding hydrogens is 289 g/mol. The van der Waals surface area contributed by atoms with Gasteiger partial charge in [-0.25, -0.2) is 18.9 Å². The molecule has 22 heavy (non-hydrogen) atoms. The van der Waals surface area contributed by atoms with Gasteiger partial charge in [0.05, 0.1) is 11.8 Å². The van der Waals surface area contributed by atoms with E-state index in [1.165, 1.54) is 16.8 Å². The van der Waals surface area contributed by atoms with Gasteiger partial charge in [0.25, 0.3) is 5.82 Å². The molecule has 2 heterocycles. The van der Waals surface area contributed by atoms with Crippen molar-refractivity contribution in [1.29, 1.82) is 0 Å². The maximum absolute atomic E-state index is 13.0. The number of nitrogens with zero attached hydrogens (tertiary/aromatic N) is 3. The lowest BCUT2D eigenvalue weighted by molar-refractivity contribution is 0.0151. The van der Waals surface area contributed by atoms with E-state index in [9.17, 15) is 9.18 Å². The van der Waals surface area contributed by atoms with Crippen LogP contribution in [0.3, 0.4) is 0 Å². The molecule has 1 aromatic heterocycles. The fraction of sp³-hybridized carbons (Fsp3) is 0.400. The van der Waals surface area contributed by atoms with Gasteiger partial charge in [0.15, 0.2) is 0 Å². The molecule has 1 fully saturated rings. The molecule has 1 atom stereocenters. The van der Waals surface area contributed by atoms with Crippen molar-refractivity contribution in [2.24, 2.45) is 0 Å². The van der Waals surface area contributed by atoms with Crippen LogP contribution in [0.15, 0.2) is 24.3 Å². The summed E-state index contributed by atoms with van der Waals surface area (Å²) in [5, 5.41) is 4.12. The van der Waals surface area contributed by atoms with E-state index in [2.05, 4.69) is 10.1 Å². The van der Waals surface area contributed by atoms with Crippen molar-refractivity contribution in [3.63, 3.8) is 0 Å². The number of hydrogen-bond acceptors (Lipinski definition) is 5. The highest BCUT2D eigenvalue weighted by Crippen LogP contribution is 2.14. The van der Waals surface area contributed by atoms with Crippen LogP contribution in [0, 0.1) is 12.7 Å². The van der Waals surface area contributed by atoms with Crippen molar-refractivity contribution in [3.8, 4) is 5.69 Å². The summed E-state index contributed by atoms with van der Waals surface area (Å²) >= 11 is 0. The van der Waals surface area contributed by atoms with Crippen molar-refractivity contribution < 1.29 is 18.7 Å². The zero-order valence-electron chi connectivity index (χ0n) is 12.2. The predicted octanol–water partition coefficient (Wildman–Crippen LogP) is 2.05. The van der Waals surface area contributed by atoms with E-state index in [0.717, 1.165) is 12.8 Å². The third kappa shape index (κ3) is 3.14. The third-order valence-electron chi connectivity index (χ3n) is 3.45. The Balaban J connectivity index is 1.70. The smallest absolute Gasteiger partial charge is 0.378 e. The van der Waals surface area contributed by atoms with Gasteiger partial charge in [0.2, 0.25) is 0 Å². The zero-order valence-corrected chi connectivity index (χ0v) is 12.2. The minimum atomic E-state index is -0.584. The van der Waals surface area contributed by atoms with Gasteiger partial charge in [-0.3, -0.25) is 0 Å². The normalized spacial score (nSPS) is 17.6. The molecule has 116 valence electrons. The molecule has 0 unspecified atom stereocenters. The number of hydrogen-bond donors (Lipinski definition) is 0. The molecule has 6 nitrogen and oxygen atoms in total. The van der Waals surface area contributed by atoms with Crippen LogP contribution in [-0.4, -0.2) is 40.1 Å². The van der Waals surface area contributed by atoms with Crippen LogP contribution in [0.25, 0.3) is 5.69 Å². The van der Waals surface area contributed by atoms with Crippen molar-refractivity contribution in [3.05, 3.63) is 41.7 Å². The van der Waals surface area contributed by atoms with E-state index in [0.29, 0.717) is 18.1 Å². The van der Waals surface area contributed by atoms with Gasteiger partial charge in [-0.1, -0.05) is 0 Å². The lowest BCUT2D eigenvalue weighted by Gasteiger charge is -2.08. The van der Waals surface area contributed by atoms with Crippen molar-refractivity contribution in [2.45, 2.75) is 25.9 Å². The van der Waals surface area contributed by atoms with Crippen LogP contribution in [0.5, 0.6) is 0 Å². The molecule has 2 aromatic rings. The third-order valence-corrected chi connectivity index (χ3v) is 3.45. The quantitative estimate of drug-likeness (QED) is 0.809. The lowest BCUT2D eigenvalue weighted by atomic mass is 10.2. The van der Waals surface area contributed by atoms with E-state index >= 15 is 0 Å². The van der Waals surface area contributed by atoms with E-state index in [-0.39, 0.29) is 24.4 Å². The lowest BCUT2D eigenvalue weighted by Crippen LogP contribution is -2.18. The predicted molar refractivity (Wildman–Crippen MR) is 75.3 cm³/mol. The average molecular weight is 305 g/mol. The summed E-state index contributed by atoms with van der Waals surface area (Å²) in [6, 6.07) is 5.79. The summed E-state index contributed by atoms with van der Waals surface area (Å²) < 4.78 is 25.0. The largest absolute Gasteiger partial charge is 0.457 e. The first-order chi connectivity index (χ1) is 10.6. The van der Waals surface area contributed by atoms with Crippen LogP contribution < -0.4 is 0 Å². The number of carbonyl (C=O) groups is 1. The SMILES string of the molecule is Cc1nc(C(=O)OC[C@H]2CCCO2)nn1-c1ccc(F)cc1. The number of rotatable bonds is 4. The van der Waals surface area contributed by atoms with E-state index in [1.807, 2.05) is 0 Å². The summed E-state index contributed by atoms with van der Waals surface area (Å²) in [6.45, 7) is 2.63. The molecule has 0 amide bonds. The Kier molecular flexibility index (Phi) is 4.15. The Morgan fingerprint density at radius 2 is 2.23 bits per heavy atom. The molecule has 1 aromatic carbocycles. The molecule has 1 saturated heterocycles. The molecule has 1 aliphatic rings. The van der Waals surface area contributed by atoms with E-state index < -0.39 is 5.97 Å². The van der Waals surface area contributed by atoms with Gasteiger partial charge < -0.3 is 9.47 Å². The van der Waals surface area contributed by atoms with Gasteiger partial charge >= 0.3 is 5.97 Å². The van der Waals surface area contributed by atoms with Crippen LogP contribution in [0.1, 0.15) is 29.3 Å². The Hall–Kier alpha value is -2.28. The number of ether oxygens (including phenoxy) is 2. The second-order valence-electron chi connectivity index (χ2n) is 5.10. The van der Waals surface area contributed by atoms with Crippen LogP contribution >= 0.6 is 0 Å². The number of halogens is 1. The maximum atomic E-state index is 13.0. The highest BCUT2D eigenvalue weighted by molar-refractivity contribution is 5.85. The maximum Gasteiger partial charge on any atom is 0.378 e. The topological polar surface area (TPSA) is 66.2 Å². The van der Waals surface area contributed by atoms with Crippen LogP contribution in [0.2, 0.25) is 0 Å². The second-order valence-corrected chi connectivity index (χ2v) is 5.10. The van der Waals surface area contributed by atoms with Gasteiger partial charge in [0.1, 0.15) is 18.2 Å². The average Bonchev–Trinajstić information content (AvgIpc) is 3.15. The molecule has 1 aliphatic heterocycles. The molecular formula is C15H16FN3O3. The van der Waals surface area contributed by atoms with E-state index in [4.69, 9.17) is 9.47 Å². The molecule has 0 spiro atoms. The van der Waals surface area contributed by atoms with Crippen LogP contribution in [-0.2, 0) is 9.47 Å². The molecule has 0 N–H and O–H groups in total. The fourth-order valence-electron chi connectivity index (χ4n) is 2.31. The highest BCUT2D eigenvalue weighted by Gasteiger charge is 2.21. The molecule has 0 bridgehead atoms. The standard InChI is InChI=1S/C15H16FN3O3/c1-10-17-14(15(20)22-9-13-3-2-8-21-13)18-19(10)12-6-4-11(16)5-7-12/h4-7,13H,2-3,8-9H2,1H3/t13-/m1/s1. The van der Waals surface area contributed by atoms with Crippen molar-refractivity contribution in [1.82, 2.24) is 14.8 Å². The van der Waals surface area contributed by atoms with Gasteiger partial charge in [0, 0.05) is 6.61 Å². The first kappa shape index (κ1) is 14.6. The van der Waals surface area contributed by atoms with Gasteiger partial charge in [-0.15, -0.1) is 5.10 Å². The van der Waals surface area contributed by atoms with Gasteiger partial charge in [-0.05, 0) is 44.0 Å². The summed E-state index contributed by atoms with van der Waals surface area (Å²) in [5.74, 6) is -0.410. The molecule has 7 heteroatoms. The van der Waals surface area contributed by atoms with E-state index in [1.54, 1.807) is 19.1 Å². The fourth-order valence-corrected chi connectivity index (χ4v) is 2.31. The minimum Gasteiger partial charge on any atom is -0.457 e. The minimum absolute atomic E-state index is 0.0141. The van der Waals surface area contributed by atoms with Crippen molar-refractivity contribution >= 4 is 5.97 Å². The Bertz CT molecular complexity index is 663. The molecule has 3 rings (SSSR count). The number of aromatic nitrogens is 3. The van der Waals surface area contributed by atoms with Gasteiger partial charge in [-0.2, -0.15) is 0 Å². The Morgan fingerprint density at radius 1 is 1.45 bits per heavy atom. The Labute approximate surface area is 126 Å².